The number of benzene rings is 3. The van der Waals surface area contributed by atoms with E-state index < -0.39 is 29.6 Å². The van der Waals surface area contributed by atoms with E-state index in [9.17, 15) is 18.8 Å². The Labute approximate surface area is 246 Å². The molecule has 5 rings (SSSR count). The zero-order valence-corrected chi connectivity index (χ0v) is 23.9. The molecule has 4 aromatic rings. The maximum Gasteiger partial charge on any atom is 0.331 e. The Bertz CT molecular complexity index is 1700. The van der Waals surface area contributed by atoms with Crippen LogP contribution < -0.4 is 29.2 Å². The summed E-state index contributed by atoms with van der Waals surface area (Å²) in [5.41, 5.74) is 1.11. The third kappa shape index (κ3) is 5.71. The average Bonchev–Trinajstić information content (AvgIpc) is 3.02. The molecule has 3 aromatic carbocycles. The molecule has 1 unspecified atom stereocenters. The quantitative estimate of drug-likeness (QED) is 0.264. The molecule has 0 radical (unpaired) electrons. The maximum absolute atomic E-state index is 13.5. The van der Waals surface area contributed by atoms with Crippen LogP contribution in [0.5, 0.6) is 28.7 Å². The lowest BCUT2D eigenvalue weighted by Gasteiger charge is -2.37. The van der Waals surface area contributed by atoms with Crippen molar-refractivity contribution in [1.82, 2.24) is 9.88 Å². The highest BCUT2D eigenvalue weighted by molar-refractivity contribution is 6.23. The normalized spacial score (nSPS) is 15.0. The molecule has 222 valence electrons. The molecule has 2 heterocycles. The summed E-state index contributed by atoms with van der Waals surface area (Å²) in [7, 11) is 4.52. The van der Waals surface area contributed by atoms with Crippen LogP contribution in [0.15, 0.2) is 66.9 Å². The molecule has 11 nitrogen and oxygen atoms in total. The van der Waals surface area contributed by atoms with Crippen molar-refractivity contribution in [3.05, 3.63) is 72.7 Å². The van der Waals surface area contributed by atoms with Crippen molar-refractivity contribution in [1.29, 1.82) is 0 Å². The number of aromatic nitrogens is 1. The molecule has 1 fully saturated rings. The fraction of sp³-hybridized carbons (Fsp3) is 0.226. The van der Waals surface area contributed by atoms with Gasteiger partial charge in [-0.1, -0.05) is 0 Å². The van der Waals surface area contributed by atoms with E-state index in [0.29, 0.717) is 39.6 Å². The SMILES string of the molecule is CCN1CC(C(=O)Nc2ccc(Oc3ccnc4cc(OC)c(OC)cc34)cc2OC)C(=O)N(c2ccc(F)cc2)C1=O. The predicted octanol–water partition coefficient (Wildman–Crippen LogP) is 5.24. The highest BCUT2D eigenvalue weighted by atomic mass is 19.1. The molecule has 1 aromatic heterocycles. The van der Waals surface area contributed by atoms with Gasteiger partial charge in [-0.05, 0) is 55.5 Å². The monoisotopic (exact) mass is 588 g/mol. The number of carbonyl (C=O) groups is 3. The van der Waals surface area contributed by atoms with Crippen LogP contribution in [-0.2, 0) is 9.59 Å². The van der Waals surface area contributed by atoms with Crippen LogP contribution in [0.4, 0.5) is 20.6 Å². The van der Waals surface area contributed by atoms with Crippen molar-refractivity contribution in [3.63, 3.8) is 0 Å². The smallest absolute Gasteiger partial charge is 0.331 e. The number of nitrogens with zero attached hydrogens (tertiary/aromatic N) is 3. The second-order valence-electron chi connectivity index (χ2n) is 9.51. The number of ether oxygens (including phenoxy) is 4. The van der Waals surface area contributed by atoms with Gasteiger partial charge >= 0.3 is 6.03 Å². The Morgan fingerprint density at radius 3 is 2.30 bits per heavy atom. The number of hydrogen-bond acceptors (Lipinski definition) is 8. The largest absolute Gasteiger partial charge is 0.494 e. The molecule has 0 aliphatic carbocycles. The van der Waals surface area contributed by atoms with Gasteiger partial charge in [0.2, 0.25) is 11.8 Å². The zero-order valence-electron chi connectivity index (χ0n) is 23.9. The molecule has 0 spiro atoms. The van der Waals surface area contributed by atoms with Crippen LogP contribution >= 0.6 is 0 Å². The van der Waals surface area contributed by atoms with Crippen molar-refractivity contribution in [2.75, 3.05) is 44.6 Å². The first-order valence-electron chi connectivity index (χ1n) is 13.3. The topological polar surface area (TPSA) is 120 Å². The van der Waals surface area contributed by atoms with Gasteiger partial charge in [0.05, 0.1) is 38.2 Å². The first-order chi connectivity index (χ1) is 20.8. The molecule has 1 aliphatic rings. The standard InChI is InChI=1S/C31H29FN4O7/c1-5-35-17-22(30(38)36(31(35)39)19-8-6-18(32)7-9-19)29(37)34-23-11-10-20(14-26(23)40-2)43-25-12-13-33-24-16-28(42-4)27(41-3)15-21(24)25/h6-16,22H,5,17H2,1-4H3,(H,34,37). The molecule has 4 amide bonds. The van der Waals surface area contributed by atoms with Gasteiger partial charge in [0.1, 0.15) is 29.0 Å². The number of fused-ring (bicyclic) bond motifs is 1. The van der Waals surface area contributed by atoms with Crippen LogP contribution in [0.25, 0.3) is 10.9 Å². The minimum atomic E-state index is -1.21. The number of hydrogen-bond donors (Lipinski definition) is 1. The number of carbonyl (C=O) groups excluding carboxylic acids is 3. The first-order valence-corrected chi connectivity index (χ1v) is 13.3. The minimum Gasteiger partial charge on any atom is -0.494 e. The second-order valence-corrected chi connectivity index (χ2v) is 9.51. The number of urea groups is 1. The van der Waals surface area contributed by atoms with Gasteiger partial charge in [-0.2, -0.15) is 0 Å². The Kier molecular flexibility index (Phi) is 8.28. The lowest BCUT2D eigenvalue weighted by Crippen LogP contribution is -2.59. The Balaban J connectivity index is 1.38. The molecule has 1 saturated heterocycles. The van der Waals surface area contributed by atoms with Gasteiger partial charge in [0.15, 0.2) is 11.5 Å². The van der Waals surface area contributed by atoms with Crippen LogP contribution in [0, 0.1) is 11.7 Å². The predicted molar refractivity (Wildman–Crippen MR) is 157 cm³/mol. The molecular weight excluding hydrogens is 559 g/mol. The van der Waals surface area contributed by atoms with Gasteiger partial charge in [-0.25, -0.2) is 14.1 Å². The Hall–Kier alpha value is -5.39. The van der Waals surface area contributed by atoms with E-state index >= 15 is 0 Å². The van der Waals surface area contributed by atoms with E-state index in [2.05, 4.69) is 10.3 Å². The van der Waals surface area contributed by atoms with Crippen LogP contribution in [-0.4, -0.2) is 62.1 Å². The van der Waals surface area contributed by atoms with Gasteiger partial charge < -0.3 is 29.2 Å². The van der Waals surface area contributed by atoms with Gasteiger partial charge in [-0.15, -0.1) is 0 Å². The Morgan fingerprint density at radius 2 is 1.63 bits per heavy atom. The van der Waals surface area contributed by atoms with Crippen molar-refractivity contribution in [2.45, 2.75) is 6.92 Å². The maximum atomic E-state index is 13.5. The summed E-state index contributed by atoms with van der Waals surface area (Å²) in [6, 6.07) is 14.4. The Morgan fingerprint density at radius 1 is 0.930 bits per heavy atom. The van der Waals surface area contributed by atoms with Crippen molar-refractivity contribution in [3.8, 4) is 28.7 Å². The summed E-state index contributed by atoms with van der Waals surface area (Å²) in [5.74, 6) is -0.820. The lowest BCUT2D eigenvalue weighted by atomic mass is 10.0. The summed E-state index contributed by atoms with van der Waals surface area (Å²) < 4.78 is 35.9. The highest BCUT2D eigenvalue weighted by Gasteiger charge is 2.43. The summed E-state index contributed by atoms with van der Waals surface area (Å²) in [6.45, 7) is 1.90. The second kappa shape index (κ2) is 12.2. The van der Waals surface area contributed by atoms with E-state index in [-0.39, 0.29) is 24.5 Å². The minimum absolute atomic E-state index is 0.107. The molecule has 1 atom stereocenters. The fourth-order valence-corrected chi connectivity index (χ4v) is 4.78. The summed E-state index contributed by atoms with van der Waals surface area (Å²) in [5, 5.41) is 3.43. The number of pyridine rings is 1. The van der Waals surface area contributed by atoms with E-state index in [0.717, 1.165) is 17.0 Å². The number of nitrogens with one attached hydrogen (secondary N) is 1. The van der Waals surface area contributed by atoms with Gasteiger partial charge in [0, 0.05) is 36.8 Å². The summed E-state index contributed by atoms with van der Waals surface area (Å²) >= 11 is 0. The summed E-state index contributed by atoms with van der Waals surface area (Å²) in [4.78, 5) is 46.4. The number of rotatable bonds is 9. The van der Waals surface area contributed by atoms with E-state index in [1.54, 1.807) is 56.6 Å². The lowest BCUT2D eigenvalue weighted by molar-refractivity contribution is -0.132. The average molecular weight is 589 g/mol. The fourth-order valence-electron chi connectivity index (χ4n) is 4.78. The first kappa shape index (κ1) is 29.1. The van der Waals surface area contributed by atoms with Gasteiger partial charge in [-0.3, -0.25) is 14.6 Å². The molecule has 0 bridgehead atoms. The molecule has 1 aliphatic heterocycles. The third-order valence-corrected chi connectivity index (χ3v) is 7.03. The highest BCUT2D eigenvalue weighted by Crippen LogP contribution is 2.38. The number of anilines is 2. The molecule has 1 N–H and O–H groups in total. The van der Waals surface area contributed by atoms with Crippen LogP contribution in [0.2, 0.25) is 0 Å². The number of methoxy groups -OCH3 is 3. The third-order valence-electron chi connectivity index (χ3n) is 7.03. The van der Waals surface area contributed by atoms with E-state index in [1.165, 1.54) is 31.3 Å². The van der Waals surface area contributed by atoms with Crippen LogP contribution in [0.3, 0.4) is 0 Å². The zero-order chi connectivity index (χ0) is 30.7. The summed E-state index contributed by atoms with van der Waals surface area (Å²) in [6.07, 6.45) is 1.61. The van der Waals surface area contributed by atoms with Crippen molar-refractivity contribution in [2.24, 2.45) is 5.92 Å². The van der Waals surface area contributed by atoms with Gasteiger partial charge in [0.25, 0.3) is 0 Å². The van der Waals surface area contributed by atoms with E-state index in [1.807, 2.05) is 0 Å². The number of halogens is 1. The van der Waals surface area contributed by atoms with Crippen LogP contribution in [0.1, 0.15) is 6.92 Å². The molecule has 12 heteroatoms. The molecule has 0 saturated carbocycles. The van der Waals surface area contributed by atoms with E-state index in [4.69, 9.17) is 18.9 Å². The van der Waals surface area contributed by atoms with Crippen molar-refractivity contribution < 1.29 is 37.7 Å². The molecule has 43 heavy (non-hydrogen) atoms. The number of amides is 4. The number of imide groups is 1. The van der Waals surface area contributed by atoms with Crippen molar-refractivity contribution >= 4 is 40.1 Å². The molecular formula is C31H29FN4O7.